The number of aliphatic carboxylic acids is 1. The van der Waals surface area contributed by atoms with Gasteiger partial charge in [-0.3, -0.25) is 9.59 Å². The number of ketones is 1. The maximum absolute atomic E-state index is 12.2. The summed E-state index contributed by atoms with van der Waals surface area (Å²) in [5.74, 6) is -2.38. The maximum atomic E-state index is 12.2. The van der Waals surface area contributed by atoms with E-state index in [4.69, 9.17) is 5.11 Å². The Hall–Kier alpha value is -2.16. The molecule has 2 atom stereocenters. The number of carbonyl (C=O) groups excluding carboxylic acids is 1. The molecule has 110 valence electrons. The van der Waals surface area contributed by atoms with Crippen LogP contribution in [0.25, 0.3) is 10.8 Å². The minimum atomic E-state index is -1.02. The molecule has 0 saturated carbocycles. The summed E-state index contributed by atoms with van der Waals surface area (Å²) in [5.41, 5.74) is 1.06. The van der Waals surface area contributed by atoms with E-state index in [1.807, 2.05) is 43.3 Å². The summed E-state index contributed by atoms with van der Waals surface area (Å²) in [6.45, 7) is 3.54. The van der Waals surface area contributed by atoms with E-state index in [1.54, 1.807) is 6.92 Å². The summed E-state index contributed by atoms with van der Waals surface area (Å²) < 4.78 is 0. The van der Waals surface area contributed by atoms with Gasteiger partial charge in [0.05, 0.1) is 0 Å². The molecule has 0 heterocycles. The SMILES string of the molecule is CCC(C(=O)O)C(=O)C(C)Cc1ccc2ccccc2c1. The van der Waals surface area contributed by atoms with Gasteiger partial charge in [0.2, 0.25) is 0 Å². The molecule has 1 N–H and O–H groups in total. The molecular weight excluding hydrogens is 264 g/mol. The van der Waals surface area contributed by atoms with Gasteiger partial charge in [-0.05, 0) is 29.2 Å². The maximum Gasteiger partial charge on any atom is 0.314 e. The molecule has 3 nitrogen and oxygen atoms in total. The lowest BCUT2D eigenvalue weighted by Gasteiger charge is -2.15. The molecule has 0 aliphatic rings. The van der Waals surface area contributed by atoms with E-state index >= 15 is 0 Å². The topological polar surface area (TPSA) is 54.4 Å². The number of benzene rings is 2. The van der Waals surface area contributed by atoms with Crippen molar-refractivity contribution in [2.45, 2.75) is 26.7 Å². The third-order valence-corrected chi connectivity index (χ3v) is 3.89. The van der Waals surface area contributed by atoms with Crippen LogP contribution in [0.15, 0.2) is 42.5 Å². The van der Waals surface area contributed by atoms with Gasteiger partial charge in [-0.25, -0.2) is 0 Å². The van der Waals surface area contributed by atoms with Crippen LogP contribution in [0.4, 0.5) is 0 Å². The van der Waals surface area contributed by atoms with E-state index in [2.05, 4.69) is 6.07 Å². The van der Waals surface area contributed by atoms with Crippen LogP contribution in [0.5, 0.6) is 0 Å². The summed E-state index contributed by atoms with van der Waals surface area (Å²) in [6.07, 6.45) is 0.920. The molecule has 2 unspecified atom stereocenters. The molecule has 0 saturated heterocycles. The largest absolute Gasteiger partial charge is 0.481 e. The molecular formula is C18H20O3. The van der Waals surface area contributed by atoms with Crippen molar-refractivity contribution in [3.63, 3.8) is 0 Å². The van der Waals surface area contributed by atoms with E-state index in [0.29, 0.717) is 12.8 Å². The predicted octanol–water partition coefficient (Wildman–Crippen LogP) is 3.70. The summed E-state index contributed by atoms with van der Waals surface area (Å²) in [6, 6.07) is 14.2. The Labute approximate surface area is 124 Å². The van der Waals surface area contributed by atoms with Crippen LogP contribution < -0.4 is 0 Å². The Morgan fingerprint density at radius 2 is 1.76 bits per heavy atom. The van der Waals surface area contributed by atoms with Gasteiger partial charge in [-0.15, -0.1) is 0 Å². The van der Waals surface area contributed by atoms with Crippen molar-refractivity contribution in [1.82, 2.24) is 0 Å². The van der Waals surface area contributed by atoms with Crippen LogP contribution in [-0.4, -0.2) is 16.9 Å². The van der Waals surface area contributed by atoms with E-state index < -0.39 is 11.9 Å². The molecule has 2 aromatic rings. The van der Waals surface area contributed by atoms with Crippen molar-refractivity contribution in [2.24, 2.45) is 11.8 Å². The first kappa shape index (κ1) is 15.2. The summed E-state index contributed by atoms with van der Waals surface area (Å²) in [7, 11) is 0. The van der Waals surface area contributed by atoms with E-state index in [9.17, 15) is 9.59 Å². The second-order valence-electron chi connectivity index (χ2n) is 5.49. The number of carboxylic acids is 1. The minimum absolute atomic E-state index is 0.182. The van der Waals surface area contributed by atoms with Crippen molar-refractivity contribution < 1.29 is 14.7 Å². The van der Waals surface area contributed by atoms with Crippen LogP contribution in [0, 0.1) is 11.8 Å². The number of rotatable bonds is 6. The first-order valence-corrected chi connectivity index (χ1v) is 7.27. The highest BCUT2D eigenvalue weighted by molar-refractivity contribution is 5.99. The van der Waals surface area contributed by atoms with E-state index in [1.165, 1.54) is 0 Å². The predicted molar refractivity (Wildman–Crippen MR) is 83.2 cm³/mol. The molecule has 3 heteroatoms. The smallest absolute Gasteiger partial charge is 0.314 e. The van der Waals surface area contributed by atoms with Crippen molar-refractivity contribution in [3.8, 4) is 0 Å². The van der Waals surface area contributed by atoms with Gasteiger partial charge in [0.1, 0.15) is 11.7 Å². The number of hydrogen-bond acceptors (Lipinski definition) is 2. The van der Waals surface area contributed by atoms with Crippen molar-refractivity contribution >= 4 is 22.5 Å². The molecule has 0 bridgehead atoms. The number of hydrogen-bond donors (Lipinski definition) is 1. The lowest BCUT2D eigenvalue weighted by Crippen LogP contribution is -2.29. The van der Waals surface area contributed by atoms with Crippen molar-refractivity contribution in [3.05, 3.63) is 48.0 Å². The summed E-state index contributed by atoms with van der Waals surface area (Å²) in [4.78, 5) is 23.3. The lowest BCUT2D eigenvalue weighted by atomic mass is 9.87. The number of carboxylic acid groups (broad SMARTS) is 1. The molecule has 2 rings (SSSR count). The second-order valence-corrected chi connectivity index (χ2v) is 5.49. The van der Waals surface area contributed by atoms with Gasteiger partial charge < -0.3 is 5.11 Å². The monoisotopic (exact) mass is 284 g/mol. The highest BCUT2D eigenvalue weighted by Gasteiger charge is 2.28. The second kappa shape index (κ2) is 6.53. The molecule has 2 aromatic carbocycles. The van der Waals surface area contributed by atoms with E-state index in [0.717, 1.165) is 16.3 Å². The van der Waals surface area contributed by atoms with Gasteiger partial charge in [-0.1, -0.05) is 56.3 Å². The highest BCUT2D eigenvalue weighted by atomic mass is 16.4. The van der Waals surface area contributed by atoms with Gasteiger partial charge in [0, 0.05) is 5.92 Å². The minimum Gasteiger partial charge on any atom is -0.481 e. The average Bonchev–Trinajstić information content (AvgIpc) is 2.47. The zero-order valence-electron chi connectivity index (χ0n) is 12.4. The summed E-state index contributed by atoms with van der Waals surface area (Å²) in [5, 5.41) is 11.4. The fourth-order valence-electron chi connectivity index (χ4n) is 2.66. The van der Waals surface area contributed by atoms with E-state index in [-0.39, 0.29) is 11.7 Å². The first-order valence-electron chi connectivity index (χ1n) is 7.27. The van der Waals surface area contributed by atoms with Crippen LogP contribution in [0.3, 0.4) is 0 Å². The van der Waals surface area contributed by atoms with Gasteiger partial charge >= 0.3 is 5.97 Å². The standard InChI is InChI=1S/C18H20O3/c1-3-16(18(20)21)17(19)12(2)10-13-8-9-14-6-4-5-7-15(14)11-13/h4-9,11-12,16H,3,10H2,1-2H3,(H,20,21). The fourth-order valence-corrected chi connectivity index (χ4v) is 2.66. The zero-order chi connectivity index (χ0) is 15.4. The first-order chi connectivity index (χ1) is 10.0. The Morgan fingerprint density at radius 1 is 1.10 bits per heavy atom. The third-order valence-electron chi connectivity index (χ3n) is 3.89. The average molecular weight is 284 g/mol. The quantitative estimate of drug-likeness (QED) is 0.823. The van der Waals surface area contributed by atoms with Crippen LogP contribution in [0.1, 0.15) is 25.8 Å². The van der Waals surface area contributed by atoms with Gasteiger partial charge in [0.25, 0.3) is 0 Å². The Balaban J connectivity index is 2.15. The number of fused-ring (bicyclic) bond motifs is 1. The van der Waals surface area contributed by atoms with Crippen LogP contribution >= 0.6 is 0 Å². The van der Waals surface area contributed by atoms with Crippen LogP contribution in [0.2, 0.25) is 0 Å². The highest BCUT2D eigenvalue weighted by Crippen LogP contribution is 2.20. The van der Waals surface area contributed by atoms with Crippen molar-refractivity contribution in [1.29, 1.82) is 0 Å². The number of carbonyl (C=O) groups is 2. The Kier molecular flexibility index (Phi) is 4.73. The normalized spacial score (nSPS) is 13.8. The fraction of sp³-hybridized carbons (Fsp3) is 0.333. The van der Waals surface area contributed by atoms with Gasteiger partial charge in [-0.2, -0.15) is 0 Å². The third kappa shape index (κ3) is 3.48. The molecule has 0 amide bonds. The van der Waals surface area contributed by atoms with Gasteiger partial charge in [0.15, 0.2) is 0 Å². The molecule has 0 radical (unpaired) electrons. The lowest BCUT2D eigenvalue weighted by molar-refractivity contribution is -0.147. The zero-order valence-corrected chi connectivity index (χ0v) is 12.4. The summed E-state index contributed by atoms with van der Waals surface area (Å²) >= 11 is 0. The molecule has 0 aromatic heterocycles. The molecule has 0 aliphatic carbocycles. The molecule has 0 aliphatic heterocycles. The molecule has 21 heavy (non-hydrogen) atoms. The molecule has 0 spiro atoms. The molecule has 0 fully saturated rings. The Morgan fingerprint density at radius 3 is 2.38 bits per heavy atom. The van der Waals surface area contributed by atoms with Crippen LogP contribution in [-0.2, 0) is 16.0 Å². The Bertz CT molecular complexity index is 660. The van der Waals surface area contributed by atoms with Crippen molar-refractivity contribution in [2.75, 3.05) is 0 Å². The number of Topliss-reactive ketones (excluding diaryl/α,β-unsaturated/α-hetero) is 1.